The van der Waals surface area contributed by atoms with Gasteiger partial charge in [0.2, 0.25) is 11.9 Å². The molecule has 2 saturated heterocycles. The highest BCUT2D eigenvalue weighted by atomic mass is 16.2. The Morgan fingerprint density at radius 1 is 0.697 bits per heavy atom. The SMILES string of the molecule is O=C(C(c1ccccc1)c1ccccc1)N1CCN(c2ccnc(N3CCCCC3)n2)CC1. The molecule has 0 saturated carbocycles. The van der Waals surface area contributed by atoms with E-state index in [1.807, 2.05) is 53.6 Å². The molecule has 2 aliphatic heterocycles. The molecule has 0 N–H and O–H groups in total. The minimum Gasteiger partial charge on any atom is -0.353 e. The van der Waals surface area contributed by atoms with E-state index in [1.54, 1.807) is 0 Å². The van der Waals surface area contributed by atoms with Crippen LogP contribution in [0.15, 0.2) is 72.9 Å². The summed E-state index contributed by atoms with van der Waals surface area (Å²) in [6.45, 7) is 5.01. The lowest BCUT2D eigenvalue weighted by Gasteiger charge is -2.37. The molecule has 0 spiro atoms. The summed E-state index contributed by atoms with van der Waals surface area (Å²) in [6.07, 6.45) is 5.57. The summed E-state index contributed by atoms with van der Waals surface area (Å²) in [5.74, 6) is 1.69. The van der Waals surface area contributed by atoms with E-state index in [2.05, 4.69) is 39.0 Å². The van der Waals surface area contributed by atoms with Crippen molar-refractivity contribution in [3.63, 3.8) is 0 Å². The molecule has 2 aliphatic rings. The van der Waals surface area contributed by atoms with Crippen LogP contribution in [0.5, 0.6) is 0 Å². The maximum atomic E-state index is 13.7. The lowest BCUT2D eigenvalue weighted by atomic mass is 9.90. The Morgan fingerprint density at radius 2 is 1.30 bits per heavy atom. The van der Waals surface area contributed by atoms with Gasteiger partial charge in [-0.1, -0.05) is 60.7 Å². The van der Waals surface area contributed by atoms with E-state index in [1.165, 1.54) is 19.3 Å². The number of piperazine rings is 1. The summed E-state index contributed by atoms with van der Waals surface area (Å²) >= 11 is 0. The summed E-state index contributed by atoms with van der Waals surface area (Å²) < 4.78 is 0. The van der Waals surface area contributed by atoms with Crippen LogP contribution in [0, 0.1) is 0 Å². The number of hydrogen-bond acceptors (Lipinski definition) is 5. The standard InChI is InChI=1S/C27H31N5O/c33-26(25(22-10-4-1-5-11-22)23-12-6-2-7-13-23)31-20-18-30(19-21-31)24-14-15-28-27(29-24)32-16-8-3-9-17-32/h1-2,4-7,10-15,25H,3,8-9,16-21H2. The van der Waals surface area contributed by atoms with Crippen molar-refractivity contribution in [1.82, 2.24) is 14.9 Å². The summed E-state index contributed by atoms with van der Waals surface area (Å²) in [5.41, 5.74) is 2.08. The first kappa shape index (κ1) is 21.4. The Hall–Kier alpha value is -3.41. The number of hydrogen-bond donors (Lipinski definition) is 0. The molecule has 0 radical (unpaired) electrons. The molecule has 33 heavy (non-hydrogen) atoms. The zero-order valence-electron chi connectivity index (χ0n) is 19.0. The molecule has 3 aromatic rings. The van der Waals surface area contributed by atoms with Crippen LogP contribution >= 0.6 is 0 Å². The lowest BCUT2D eigenvalue weighted by molar-refractivity contribution is -0.132. The number of amides is 1. The van der Waals surface area contributed by atoms with E-state index in [9.17, 15) is 4.79 Å². The summed E-state index contributed by atoms with van der Waals surface area (Å²) in [5, 5.41) is 0. The van der Waals surface area contributed by atoms with Crippen molar-refractivity contribution in [3.05, 3.63) is 84.1 Å². The Bertz CT molecular complexity index is 1000. The fourth-order valence-corrected chi connectivity index (χ4v) is 4.87. The van der Waals surface area contributed by atoms with Crippen LogP contribution < -0.4 is 9.80 Å². The number of nitrogens with zero attached hydrogens (tertiary/aromatic N) is 5. The number of rotatable bonds is 5. The van der Waals surface area contributed by atoms with Crippen LogP contribution in [0.4, 0.5) is 11.8 Å². The van der Waals surface area contributed by atoms with E-state index in [4.69, 9.17) is 4.98 Å². The zero-order valence-corrected chi connectivity index (χ0v) is 19.0. The fourth-order valence-electron chi connectivity index (χ4n) is 4.87. The lowest BCUT2D eigenvalue weighted by Crippen LogP contribution is -2.50. The third-order valence-corrected chi connectivity index (χ3v) is 6.70. The van der Waals surface area contributed by atoms with Crippen LogP contribution in [-0.4, -0.2) is 60.0 Å². The molecule has 0 unspecified atom stereocenters. The quantitative estimate of drug-likeness (QED) is 0.600. The van der Waals surface area contributed by atoms with Gasteiger partial charge < -0.3 is 14.7 Å². The number of carbonyl (C=O) groups excluding carboxylic acids is 1. The normalized spacial score (nSPS) is 16.8. The van der Waals surface area contributed by atoms with Crippen molar-refractivity contribution < 1.29 is 4.79 Å². The van der Waals surface area contributed by atoms with Crippen LogP contribution in [-0.2, 0) is 4.79 Å². The second-order valence-electron chi connectivity index (χ2n) is 8.83. The molecular formula is C27H31N5O. The molecular weight excluding hydrogens is 410 g/mol. The molecule has 3 heterocycles. The Labute approximate surface area is 195 Å². The maximum absolute atomic E-state index is 13.7. The van der Waals surface area contributed by atoms with Gasteiger partial charge in [0.25, 0.3) is 0 Å². The van der Waals surface area contributed by atoms with Crippen molar-refractivity contribution in [2.24, 2.45) is 0 Å². The molecule has 0 aliphatic carbocycles. The molecule has 5 rings (SSSR count). The van der Waals surface area contributed by atoms with Gasteiger partial charge in [0.1, 0.15) is 5.82 Å². The number of benzene rings is 2. The predicted molar refractivity (Wildman–Crippen MR) is 132 cm³/mol. The molecule has 1 amide bonds. The molecule has 170 valence electrons. The van der Waals surface area contributed by atoms with E-state index >= 15 is 0 Å². The molecule has 6 heteroatoms. The van der Waals surface area contributed by atoms with Crippen LogP contribution in [0.3, 0.4) is 0 Å². The maximum Gasteiger partial charge on any atom is 0.234 e. The largest absolute Gasteiger partial charge is 0.353 e. The van der Waals surface area contributed by atoms with Crippen LogP contribution in [0.25, 0.3) is 0 Å². The number of anilines is 2. The molecule has 1 aromatic heterocycles. The molecule has 2 aromatic carbocycles. The number of aromatic nitrogens is 2. The predicted octanol–water partition coefficient (Wildman–Crippen LogP) is 3.95. The summed E-state index contributed by atoms with van der Waals surface area (Å²) in [4.78, 5) is 29.6. The minimum atomic E-state index is -0.274. The highest BCUT2D eigenvalue weighted by Crippen LogP contribution is 2.28. The zero-order chi connectivity index (χ0) is 22.5. The Morgan fingerprint density at radius 3 is 1.91 bits per heavy atom. The Kier molecular flexibility index (Phi) is 6.51. The van der Waals surface area contributed by atoms with Gasteiger partial charge >= 0.3 is 0 Å². The van der Waals surface area contributed by atoms with Gasteiger partial charge in [-0.05, 0) is 36.5 Å². The van der Waals surface area contributed by atoms with Gasteiger partial charge in [0.05, 0.1) is 5.92 Å². The molecule has 0 bridgehead atoms. The van der Waals surface area contributed by atoms with E-state index in [0.717, 1.165) is 49.1 Å². The van der Waals surface area contributed by atoms with Crippen molar-refractivity contribution in [3.8, 4) is 0 Å². The van der Waals surface area contributed by atoms with Gasteiger partial charge in [-0.15, -0.1) is 0 Å². The second-order valence-corrected chi connectivity index (χ2v) is 8.83. The molecule has 0 atom stereocenters. The van der Waals surface area contributed by atoms with Crippen molar-refractivity contribution in [2.75, 3.05) is 49.1 Å². The van der Waals surface area contributed by atoms with E-state index < -0.39 is 0 Å². The topological polar surface area (TPSA) is 52.6 Å². The van der Waals surface area contributed by atoms with Crippen molar-refractivity contribution in [1.29, 1.82) is 0 Å². The average molecular weight is 442 g/mol. The van der Waals surface area contributed by atoms with Gasteiger partial charge in [-0.25, -0.2) is 4.98 Å². The second kappa shape index (κ2) is 10.0. The highest BCUT2D eigenvalue weighted by Gasteiger charge is 2.30. The Balaban J connectivity index is 1.29. The van der Waals surface area contributed by atoms with Gasteiger partial charge in [-0.3, -0.25) is 4.79 Å². The smallest absolute Gasteiger partial charge is 0.234 e. The minimum absolute atomic E-state index is 0.170. The van der Waals surface area contributed by atoms with Crippen LogP contribution in [0.2, 0.25) is 0 Å². The average Bonchev–Trinajstić information content (AvgIpc) is 2.91. The van der Waals surface area contributed by atoms with Crippen molar-refractivity contribution >= 4 is 17.7 Å². The first-order valence-electron chi connectivity index (χ1n) is 12.0. The van der Waals surface area contributed by atoms with Crippen LogP contribution in [0.1, 0.15) is 36.3 Å². The summed E-state index contributed by atoms with van der Waals surface area (Å²) in [7, 11) is 0. The van der Waals surface area contributed by atoms with Gasteiger partial charge in [0.15, 0.2) is 0 Å². The molecule has 2 fully saturated rings. The highest BCUT2D eigenvalue weighted by molar-refractivity contribution is 5.87. The number of carbonyl (C=O) groups is 1. The fraction of sp³-hybridized carbons (Fsp3) is 0.370. The van der Waals surface area contributed by atoms with E-state index in [0.29, 0.717) is 13.1 Å². The first-order chi connectivity index (χ1) is 16.3. The van der Waals surface area contributed by atoms with Gasteiger partial charge in [0, 0.05) is 45.5 Å². The monoisotopic (exact) mass is 441 g/mol. The summed E-state index contributed by atoms with van der Waals surface area (Å²) in [6, 6.07) is 22.2. The number of piperidine rings is 1. The van der Waals surface area contributed by atoms with E-state index in [-0.39, 0.29) is 11.8 Å². The third kappa shape index (κ3) is 4.85. The molecule has 6 nitrogen and oxygen atoms in total. The third-order valence-electron chi connectivity index (χ3n) is 6.70. The van der Waals surface area contributed by atoms with Crippen molar-refractivity contribution in [2.45, 2.75) is 25.2 Å². The first-order valence-corrected chi connectivity index (χ1v) is 12.0. The van der Waals surface area contributed by atoms with Gasteiger partial charge in [-0.2, -0.15) is 4.98 Å².